The second kappa shape index (κ2) is 8.88. The molecule has 1 aliphatic heterocycles. The Bertz CT molecular complexity index is 720. The van der Waals surface area contributed by atoms with Crippen LogP contribution in [0, 0.1) is 0 Å². The molecule has 1 amide bonds. The van der Waals surface area contributed by atoms with Gasteiger partial charge in [-0.1, -0.05) is 24.3 Å². The average molecular weight is 361 g/mol. The van der Waals surface area contributed by atoms with E-state index in [-0.39, 0.29) is 24.4 Å². The van der Waals surface area contributed by atoms with E-state index in [9.17, 15) is 4.79 Å². The molecular formula is C20H25ClN2O2. The number of nitrogens with one attached hydrogen (secondary N) is 1. The summed E-state index contributed by atoms with van der Waals surface area (Å²) in [5.41, 5.74) is 3.38. The summed E-state index contributed by atoms with van der Waals surface area (Å²) in [6, 6.07) is 16.5. The molecule has 1 atom stereocenters. The first-order valence-corrected chi connectivity index (χ1v) is 8.44. The highest BCUT2D eigenvalue weighted by molar-refractivity contribution is 5.95. The molecule has 3 rings (SSSR count). The van der Waals surface area contributed by atoms with Crippen LogP contribution in [0.15, 0.2) is 48.5 Å². The van der Waals surface area contributed by atoms with Crippen molar-refractivity contribution in [3.8, 4) is 5.75 Å². The third-order valence-electron chi connectivity index (χ3n) is 4.50. The van der Waals surface area contributed by atoms with Gasteiger partial charge in [-0.15, -0.1) is 12.4 Å². The van der Waals surface area contributed by atoms with Crippen LogP contribution in [-0.2, 0) is 11.3 Å². The summed E-state index contributed by atoms with van der Waals surface area (Å²) in [7, 11) is 1.68. The van der Waals surface area contributed by atoms with Crippen molar-refractivity contribution in [3.63, 3.8) is 0 Å². The van der Waals surface area contributed by atoms with Crippen LogP contribution < -0.4 is 15.0 Å². The van der Waals surface area contributed by atoms with Gasteiger partial charge in [0.15, 0.2) is 0 Å². The lowest BCUT2D eigenvalue weighted by Gasteiger charge is -2.19. The Morgan fingerprint density at radius 3 is 2.72 bits per heavy atom. The Balaban J connectivity index is 0.00000225. The molecule has 25 heavy (non-hydrogen) atoms. The van der Waals surface area contributed by atoms with Crippen molar-refractivity contribution in [3.05, 3.63) is 59.7 Å². The van der Waals surface area contributed by atoms with Crippen molar-refractivity contribution in [2.24, 2.45) is 0 Å². The fraction of sp³-hybridized carbons (Fsp3) is 0.350. The zero-order valence-corrected chi connectivity index (χ0v) is 15.5. The lowest BCUT2D eigenvalue weighted by Crippen LogP contribution is -2.24. The Hall–Kier alpha value is -2.04. The zero-order chi connectivity index (χ0) is 16.9. The predicted molar refractivity (Wildman–Crippen MR) is 104 cm³/mol. The summed E-state index contributed by atoms with van der Waals surface area (Å²) in [5.74, 6) is 1.10. The number of halogens is 1. The number of anilines is 1. The molecule has 0 aromatic heterocycles. The average Bonchev–Trinajstić information content (AvgIpc) is 3.06. The number of rotatable bonds is 6. The fourth-order valence-corrected chi connectivity index (χ4v) is 3.05. The minimum atomic E-state index is 0. The molecule has 1 heterocycles. The normalized spacial score (nSPS) is 15.0. The van der Waals surface area contributed by atoms with Crippen molar-refractivity contribution < 1.29 is 9.53 Å². The summed E-state index contributed by atoms with van der Waals surface area (Å²) in [6.45, 7) is 3.74. The van der Waals surface area contributed by atoms with Crippen LogP contribution in [-0.4, -0.2) is 19.6 Å². The van der Waals surface area contributed by atoms with Gasteiger partial charge in [-0.25, -0.2) is 0 Å². The van der Waals surface area contributed by atoms with E-state index in [4.69, 9.17) is 4.74 Å². The molecule has 1 aliphatic rings. The molecule has 2 aromatic rings. The van der Waals surface area contributed by atoms with Crippen molar-refractivity contribution in [1.82, 2.24) is 5.32 Å². The maximum atomic E-state index is 11.9. The summed E-state index contributed by atoms with van der Waals surface area (Å²) in [5, 5.41) is 3.54. The molecule has 5 heteroatoms. The number of carbonyl (C=O) groups is 1. The van der Waals surface area contributed by atoms with E-state index >= 15 is 0 Å². The molecule has 0 bridgehead atoms. The molecule has 1 unspecified atom stereocenters. The number of hydrogen-bond acceptors (Lipinski definition) is 3. The first kappa shape index (κ1) is 19.3. The maximum Gasteiger partial charge on any atom is 0.227 e. The zero-order valence-electron chi connectivity index (χ0n) is 14.7. The van der Waals surface area contributed by atoms with Gasteiger partial charge in [0.05, 0.1) is 7.11 Å². The van der Waals surface area contributed by atoms with Crippen LogP contribution in [0.2, 0.25) is 0 Å². The predicted octanol–water partition coefficient (Wildman–Crippen LogP) is 4.09. The van der Waals surface area contributed by atoms with Gasteiger partial charge in [-0.3, -0.25) is 4.79 Å². The first-order valence-electron chi connectivity index (χ1n) is 8.44. The van der Waals surface area contributed by atoms with E-state index in [1.807, 2.05) is 35.2 Å². The SMILES string of the molecule is COc1cccc(CNC(C)c2cccc(N3CCCC3=O)c2)c1.Cl. The molecule has 0 radical (unpaired) electrons. The van der Waals surface area contributed by atoms with E-state index in [0.717, 1.165) is 30.9 Å². The van der Waals surface area contributed by atoms with Crippen molar-refractivity contribution >= 4 is 24.0 Å². The summed E-state index contributed by atoms with van der Waals surface area (Å²) in [6.07, 6.45) is 1.61. The molecular weight excluding hydrogens is 336 g/mol. The third kappa shape index (κ3) is 4.74. The molecule has 134 valence electrons. The number of ether oxygens (including phenoxy) is 1. The van der Waals surface area contributed by atoms with Crippen LogP contribution >= 0.6 is 12.4 Å². The molecule has 1 fully saturated rings. The van der Waals surface area contributed by atoms with Crippen LogP contribution in [0.5, 0.6) is 5.75 Å². The van der Waals surface area contributed by atoms with Crippen molar-refractivity contribution in [2.45, 2.75) is 32.4 Å². The molecule has 2 aromatic carbocycles. The number of nitrogens with zero attached hydrogens (tertiary/aromatic N) is 1. The lowest BCUT2D eigenvalue weighted by molar-refractivity contribution is -0.117. The first-order chi connectivity index (χ1) is 11.7. The third-order valence-corrected chi connectivity index (χ3v) is 4.50. The lowest BCUT2D eigenvalue weighted by atomic mass is 10.1. The molecule has 1 N–H and O–H groups in total. The van der Waals surface area contributed by atoms with E-state index in [1.54, 1.807) is 7.11 Å². The van der Waals surface area contributed by atoms with Crippen LogP contribution in [0.4, 0.5) is 5.69 Å². The van der Waals surface area contributed by atoms with Gasteiger partial charge in [0.1, 0.15) is 5.75 Å². The van der Waals surface area contributed by atoms with Gasteiger partial charge in [-0.05, 0) is 48.7 Å². The largest absolute Gasteiger partial charge is 0.497 e. The highest BCUT2D eigenvalue weighted by Crippen LogP contribution is 2.25. The second-order valence-electron chi connectivity index (χ2n) is 6.20. The second-order valence-corrected chi connectivity index (χ2v) is 6.20. The highest BCUT2D eigenvalue weighted by atomic mass is 35.5. The van der Waals surface area contributed by atoms with E-state index in [2.05, 4.69) is 30.4 Å². The van der Waals surface area contributed by atoms with Crippen LogP contribution in [0.3, 0.4) is 0 Å². The molecule has 1 saturated heterocycles. The fourth-order valence-electron chi connectivity index (χ4n) is 3.05. The topological polar surface area (TPSA) is 41.6 Å². The molecule has 0 aliphatic carbocycles. The Kier molecular flexibility index (Phi) is 6.85. The van der Waals surface area contributed by atoms with Crippen molar-refractivity contribution in [2.75, 3.05) is 18.6 Å². The molecule has 0 spiro atoms. The quantitative estimate of drug-likeness (QED) is 0.843. The minimum absolute atomic E-state index is 0. The van der Waals surface area contributed by atoms with Crippen molar-refractivity contribution in [1.29, 1.82) is 0 Å². The summed E-state index contributed by atoms with van der Waals surface area (Å²) >= 11 is 0. The highest BCUT2D eigenvalue weighted by Gasteiger charge is 2.22. The monoisotopic (exact) mass is 360 g/mol. The minimum Gasteiger partial charge on any atom is -0.497 e. The standard InChI is InChI=1S/C20H24N2O2.ClH/c1-15(21-14-16-6-3-9-19(12-16)24-2)17-7-4-8-18(13-17)22-11-5-10-20(22)23;/h3-4,6-9,12-13,15,21H,5,10-11,14H2,1-2H3;1H. The van der Waals surface area contributed by atoms with Gasteiger partial charge in [0.25, 0.3) is 0 Å². The maximum absolute atomic E-state index is 11.9. The van der Waals surface area contributed by atoms with Gasteiger partial charge in [-0.2, -0.15) is 0 Å². The smallest absolute Gasteiger partial charge is 0.227 e. The number of carbonyl (C=O) groups excluding carboxylic acids is 1. The summed E-state index contributed by atoms with van der Waals surface area (Å²) in [4.78, 5) is 13.8. The number of hydrogen-bond donors (Lipinski definition) is 1. The van der Waals surface area contributed by atoms with Gasteiger partial charge in [0, 0.05) is 31.2 Å². The number of amides is 1. The van der Waals surface area contributed by atoms with Crippen LogP contribution in [0.1, 0.15) is 36.9 Å². The Labute approximate surface area is 155 Å². The molecule has 0 saturated carbocycles. The van der Waals surface area contributed by atoms with Gasteiger partial charge >= 0.3 is 0 Å². The Morgan fingerprint density at radius 1 is 1.20 bits per heavy atom. The van der Waals surface area contributed by atoms with E-state index < -0.39 is 0 Å². The number of methoxy groups -OCH3 is 1. The van der Waals surface area contributed by atoms with Crippen LogP contribution in [0.25, 0.3) is 0 Å². The Morgan fingerprint density at radius 2 is 2.00 bits per heavy atom. The van der Waals surface area contributed by atoms with Gasteiger partial charge < -0.3 is 15.0 Å². The van der Waals surface area contributed by atoms with E-state index in [1.165, 1.54) is 11.1 Å². The van der Waals surface area contributed by atoms with E-state index in [0.29, 0.717) is 6.42 Å². The van der Waals surface area contributed by atoms with Gasteiger partial charge in [0.2, 0.25) is 5.91 Å². The number of benzene rings is 2. The summed E-state index contributed by atoms with van der Waals surface area (Å²) < 4.78 is 5.26. The molecule has 4 nitrogen and oxygen atoms in total.